The summed E-state index contributed by atoms with van der Waals surface area (Å²) < 4.78 is 1.66. The van der Waals surface area contributed by atoms with Crippen molar-refractivity contribution in [1.82, 2.24) is 20.4 Å². The van der Waals surface area contributed by atoms with Gasteiger partial charge < -0.3 is 5.73 Å². The number of nitrogens with two attached hydrogens (primary N) is 2. The first-order valence-corrected chi connectivity index (χ1v) is 4.89. The van der Waals surface area contributed by atoms with Gasteiger partial charge in [0.2, 0.25) is 0 Å². The van der Waals surface area contributed by atoms with Gasteiger partial charge in [-0.2, -0.15) is 0 Å². The number of hydrazine groups is 1. The Hall–Kier alpha value is -1.92. The quantitative estimate of drug-likeness (QED) is 0.381. The number of nitrogen functional groups attached to an aromatic ring is 1. The topological polar surface area (TPSA) is 94.8 Å². The Morgan fingerprint density at radius 2 is 2.12 bits per heavy atom. The van der Waals surface area contributed by atoms with Crippen molar-refractivity contribution in [3.8, 4) is 0 Å². The second-order valence-electron chi connectivity index (χ2n) is 3.51. The zero-order chi connectivity index (χ0) is 11.5. The Kier molecular flexibility index (Phi) is 2.84. The number of aromatic nitrogens is 3. The molecule has 0 bridgehead atoms. The maximum Gasteiger partial charge on any atom is 0.0914 e. The van der Waals surface area contributed by atoms with Crippen molar-refractivity contribution in [2.24, 2.45) is 12.9 Å². The standard InChI is InChI=1S/C10H14N6/c1-16-9(6-13-15-16)10(14-12)7-4-2-3-5-8(7)11/h2-6,10,14H,11-12H2,1H3. The molecule has 1 aromatic carbocycles. The smallest absolute Gasteiger partial charge is 0.0914 e. The Bertz CT molecular complexity index is 478. The van der Waals surface area contributed by atoms with E-state index in [4.69, 9.17) is 11.6 Å². The zero-order valence-corrected chi connectivity index (χ0v) is 8.96. The van der Waals surface area contributed by atoms with Gasteiger partial charge in [0, 0.05) is 12.7 Å². The first kappa shape index (κ1) is 10.6. The van der Waals surface area contributed by atoms with Crippen LogP contribution >= 0.6 is 0 Å². The lowest BCUT2D eigenvalue weighted by Crippen LogP contribution is -2.30. The van der Waals surface area contributed by atoms with Gasteiger partial charge in [-0.1, -0.05) is 23.4 Å². The first-order valence-electron chi connectivity index (χ1n) is 4.89. The first-order chi connectivity index (χ1) is 7.74. The highest BCUT2D eigenvalue weighted by Crippen LogP contribution is 2.24. The van der Waals surface area contributed by atoms with Gasteiger partial charge in [-0.3, -0.25) is 10.5 Å². The predicted molar refractivity (Wildman–Crippen MR) is 61.0 cm³/mol. The lowest BCUT2D eigenvalue weighted by molar-refractivity contribution is 0.571. The Labute approximate surface area is 93.2 Å². The van der Waals surface area contributed by atoms with Crippen molar-refractivity contribution in [2.45, 2.75) is 6.04 Å². The van der Waals surface area contributed by atoms with E-state index >= 15 is 0 Å². The molecular weight excluding hydrogens is 204 g/mol. The molecule has 0 aliphatic carbocycles. The Balaban J connectivity index is 2.45. The fraction of sp³-hybridized carbons (Fsp3) is 0.200. The van der Waals surface area contributed by atoms with Crippen molar-refractivity contribution in [3.05, 3.63) is 41.7 Å². The van der Waals surface area contributed by atoms with E-state index in [9.17, 15) is 0 Å². The molecule has 6 heteroatoms. The molecule has 0 aliphatic rings. The third-order valence-corrected chi connectivity index (χ3v) is 2.52. The van der Waals surface area contributed by atoms with Crippen LogP contribution in [0.25, 0.3) is 0 Å². The van der Waals surface area contributed by atoms with Gasteiger partial charge in [0.1, 0.15) is 0 Å². The summed E-state index contributed by atoms with van der Waals surface area (Å²) in [6, 6.07) is 7.35. The number of rotatable bonds is 3. The van der Waals surface area contributed by atoms with E-state index in [-0.39, 0.29) is 6.04 Å². The van der Waals surface area contributed by atoms with E-state index in [2.05, 4.69) is 15.7 Å². The number of aryl methyl sites for hydroxylation is 1. The summed E-state index contributed by atoms with van der Waals surface area (Å²) in [6.07, 6.45) is 1.66. The highest BCUT2D eigenvalue weighted by molar-refractivity contribution is 5.50. The number of hydrogen-bond donors (Lipinski definition) is 3. The lowest BCUT2D eigenvalue weighted by Gasteiger charge is -2.17. The van der Waals surface area contributed by atoms with Crippen molar-refractivity contribution in [3.63, 3.8) is 0 Å². The van der Waals surface area contributed by atoms with Crippen LogP contribution in [0.1, 0.15) is 17.3 Å². The van der Waals surface area contributed by atoms with Crippen LogP contribution < -0.4 is 17.0 Å². The van der Waals surface area contributed by atoms with E-state index < -0.39 is 0 Å². The monoisotopic (exact) mass is 218 g/mol. The summed E-state index contributed by atoms with van der Waals surface area (Å²) in [7, 11) is 1.81. The Morgan fingerprint density at radius 3 is 2.69 bits per heavy atom. The number of nitrogens with one attached hydrogen (secondary N) is 1. The molecular formula is C10H14N6. The van der Waals surface area contributed by atoms with Crippen molar-refractivity contribution < 1.29 is 0 Å². The second-order valence-corrected chi connectivity index (χ2v) is 3.51. The van der Waals surface area contributed by atoms with E-state index in [1.54, 1.807) is 10.9 Å². The van der Waals surface area contributed by atoms with Gasteiger partial charge in [0.05, 0.1) is 17.9 Å². The van der Waals surface area contributed by atoms with Crippen molar-refractivity contribution >= 4 is 5.69 Å². The average Bonchev–Trinajstić information content (AvgIpc) is 2.69. The fourth-order valence-electron chi connectivity index (χ4n) is 1.67. The van der Waals surface area contributed by atoms with Crippen molar-refractivity contribution in [2.75, 3.05) is 5.73 Å². The highest BCUT2D eigenvalue weighted by atomic mass is 15.4. The van der Waals surface area contributed by atoms with E-state index in [0.29, 0.717) is 5.69 Å². The van der Waals surface area contributed by atoms with Gasteiger partial charge in [-0.15, -0.1) is 5.10 Å². The molecule has 16 heavy (non-hydrogen) atoms. The van der Waals surface area contributed by atoms with Crippen LogP contribution in [0.3, 0.4) is 0 Å². The summed E-state index contributed by atoms with van der Waals surface area (Å²) in [5, 5.41) is 7.69. The molecule has 0 saturated heterocycles. The van der Waals surface area contributed by atoms with Crippen LogP contribution in [0.2, 0.25) is 0 Å². The predicted octanol–water partition coefficient (Wildman–Crippen LogP) is -0.0500. The van der Waals surface area contributed by atoms with Gasteiger partial charge in [-0.25, -0.2) is 5.43 Å². The molecule has 1 atom stereocenters. The Morgan fingerprint density at radius 1 is 1.38 bits per heavy atom. The minimum atomic E-state index is -0.207. The SMILES string of the molecule is Cn1nncc1C(NN)c1ccccc1N. The zero-order valence-electron chi connectivity index (χ0n) is 8.96. The summed E-state index contributed by atoms with van der Waals surface area (Å²) >= 11 is 0. The van der Waals surface area contributed by atoms with E-state index in [1.165, 1.54) is 0 Å². The molecule has 0 amide bonds. The summed E-state index contributed by atoms with van der Waals surface area (Å²) in [5.74, 6) is 5.56. The van der Waals surface area contributed by atoms with E-state index in [0.717, 1.165) is 11.3 Å². The summed E-state index contributed by atoms with van der Waals surface area (Å²) in [5.41, 5.74) is 11.1. The normalized spacial score (nSPS) is 12.6. The molecule has 84 valence electrons. The lowest BCUT2D eigenvalue weighted by atomic mass is 10.0. The van der Waals surface area contributed by atoms with Crippen LogP contribution in [-0.4, -0.2) is 15.0 Å². The largest absolute Gasteiger partial charge is 0.398 e. The number of nitrogens with zero attached hydrogens (tertiary/aromatic N) is 3. The van der Waals surface area contributed by atoms with Gasteiger partial charge in [0.15, 0.2) is 0 Å². The molecule has 0 saturated carbocycles. The number of anilines is 1. The van der Waals surface area contributed by atoms with Crippen LogP contribution in [0, 0.1) is 0 Å². The molecule has 0 aliphatic heterocycles. The number of para-hydroxylation sites is 1. The van der Waals surface area contributed by atoms with Crippen LogP contribution in [0.15, 0.2) is 30.5 Å². The van der Waals surface area contributed by atoms with Gasteiger partial charge in [0.25, 0.3) is 0 Å². The van der Waals surface area contributed by atoms with Gasteiger partial charge >= 0.3 is 0 Å². The maximum atomic E-state index is 5.91. The van der Waals surface area contributed by atoms with Crippen LogP contribution in [0.5, 0.6) is 0 Å². The minimum Gasteiger partial charge on any atom is -0.398 e. The third kappa shape index (κ3) is 1.75. The van der Waals surface area contributed by atoms with Crippen molar-refractivity contribution in [1.29, 1.82) is 0 Å². The molecule has 0 spiro atoms. The molecule has 1 heterocycles. The van der Waals surface area contributed by atoms with Gasteiger partial charge in [-0.05, 0) is 11.6 Å². The van der Waals surface area contributed by atoms with E-state index in [1.807, 2.05) is 31.3 Å². The molecule has 6 nitrogen and oxygen atoms in total. The minimum absolute atomic E-state index is 0.207. The molecule has 0 fully saturated rings. The molecule has 2 rings (SSSR count). The third-order valence-electron chi connectivity index (χ3n) is 2.52. The average molecular weight is 218 g/mol. The second kappa shape index (κ2) is 4.30. The highest BCUT2D eigenvalue weighted by Gasteiger charge is 2.18. The summed E-state index contributed by atoms with van der Waals surface area (Å²) in [4.78, 5) is 0. The number of hydrogen-bond acceptors (Lipinski definition) is 5. The number of benzene rings is 1. The van der Waals surface area contributed by atoms with Crippen LogP contribution in [-0.2, 0) is 7.05 Å². The molecule has 2 aromatic rings. The molecule has 1 unspecified atom stereocenters. The molecule has 0 radical (unpaired) electrons. The van der Waals surface area contributed by atoms with Crippen LogP contribution in [0.4, 0.5) is 5.69 Å². The molecule has 5 N–H and O–H groups in total. The summed E-state index contributed by atoms with van der Waals surface area (Å²) in [6.45, 7) is 0. The maximum absolute atomic E-state index is 5.91. The fourth-order valence-corrected chi connectivity index (χ4v) is 1.67. The molecule has 1 aromatic heterocycles.